The number of esters is 1. The van der Waals surface area contributed by atoms with Crippen LogP contribution in [0.5, 0.6) is 17.2 Å². The second-order valence-corrected chi connectivity index (χ2v) is 6.28. The smallest absolute Gasteiger partial charge is 0.344 e. The van der Waals surface area contributed by atoms with Gasteiger partial charge >= 0.3 is 5.97 Å². The zero-order chi connectivity index (χ0) is 20.8. The Morgan fingerprint density at radius 3 is 2.52 bits per heavy atom. The molecule has 3 rings (SSSR count). The summed E-state index contributed by atoms with van der Waals surface area (Å²) in [6, 6.07) is 11.4. The molecule has 0 radical (unpaired) electrons. The number of ketones is 1. The van der Waals surface area contributed by atoms with Gasteiger partial charge in [-0.25, -0.2) is 4.79 Å². The summed E-state index contributed by atoms with van der Waals surface area (Å²) in [6.45, 7) is 3.03. The van der Waals surface area contributed by atoms with Gasteiger partial charge in [-0.05, 0) is 43.3 Å². The minimum Gasteiger partial charge on any atom is -0.482 e. The highest BCUT2D eigenvalue weighted by molar-refractivity contribution is 5.96. The lowest BCUT2D eigenvalue weighted by atomic mass is 10.1. The Labute approximate surface area is 167 Å². The van der Waals surface area contributed by atoms with Crippen LogP contribution in [0.2, 0.25) is 0 Å². The predicted molar refractivity (Wildman–Crippen MR) is 103 cm³/mol. The lowest BCUT2D eigenvalue weighted by Crippen LogP contribution is -2.31. The van der Waals surface area contributed by atoms with Crippen LogP contribution in [-0.2, 0) is 14.3 Å². The fourth-order valence-corrected chi connectivity index (χ4v) is 2.59. The number of nitrogens with one attached hydrogen (secondary N) is 1. The van der Waals surface area contributed by atoms with Gasteiger partial charge in [0.2, 0.25) is 6.79 Å². The molecular weight excluding hydrogens is 378 g/mol. The fraction of sp³-hybridized carbons (Fsp3) is 0.286. The number of fused-ring (bicyclic) bond motifs is 1. The van der Waals surface area contributed by atoms with Gasteiger partial charge in [0.15, 0.2) is 30.0 Å². The first-order chi connectivity index (χ1) is 14.0. The van der Waals surface area contributed by atoms with Gasteiger partial charge in [0.05, 0.1) is 0 Å². The van der Waals surface area contributed by atoms with E-state index in [0.717, 1.165) is 0 Å². The van der Waals surface area contributed by atoms with Gasteiger partial charge in [-0.3, -0.25) is 9.59 Å². The summed E-state index contributed by atoms with van der Waals surface area (Å²) in [6.07, 6.45) is -0.597. The van der Waals surface area contributed by atoms with E-state index >= 15 is 0 Å². The Balaban J connectivity index is 1.46. The summed E-state index contributed by atoms with van der Waals surface area (Å²) < 4.78 is 20.9. The van der Waals surface area contributed by atoms with E-state index in [9.17, 15) is 14.4 Å². The molecule has 1 N–H and O–H groups in total. The number of anilines is 1. The van der Waals surface area contributed by atoms with Gasteiger partial charge in [0.1, 0.15) is 5.75 Å². The zero-order valence-corrected chi connectivity index (χ0v) is 16.1. The average Bonchev–Trinajstić information content (AvgIpc) is 3.19. The molecule has 1 heterocycles. The predicted octanol–water partition coefficient (Wildman–Crippen LogP) is 2.96. The van der Waals surface area contributed by atoms with Gasteiger partial charge in [-0.1, -0.05) is 6.92 Å². The van der Waals surface area contributed by atoms with Crippen LogP contribution in [0.25, 0.3) is 0 Å². The highest BCUT2D eigenvalue weighted by atomic mass is 16.7. The number of amides is 1. The van der Waals surface area contributed by atoms with Gasteiger partial charge < -0.3 is 24.3 Å². The van der Waals surface area contributed by atoms with Crippen molar-refractivity contribution < 1.29 is 33.3 Å². The lowest BCUT2D eigenvalue weighted by molar-refractivity contribution is -0.155. The van der Waals surface area contributed by atoms with E-state index in [1.807, 2.05) is 0 Å². The van der Waals surface area contributed by atoms with Gasteiger partial charge in [-0.2, -0.15) is 0 Å². The second kappa shape index (κ2) is 9.09. The van der Waals surface area contributed by atoms with Crippen LogP contribution in [0.3, 0.4) is 0 Å². The molecular formula is C21H21NO7. The van der Waals surface area contributed by atoms with E-state index in [2.05, 4.69) is 5.32 Å². The maximum atomic E-state index is 12.2. The minimum absolute atomic E-state index is 0.0262. The summed E-state index contributed by atoms with van der Waals surface area (Å²) >= 11 is 0. The Bertz CT molecular complexity index is 908. The number of hydrogen-bond donors (Lipinski definition) is 1. The Morgan fingerprint density at radius 2 is 1.79 bits per heavy atom. The van der Waals surface area contributed by atoms with Crippen molar-refractivity contribution in [3.05, 3.63) is 48.0 Å². The highest BCUT2D eigenvalue weighted by Crippen LogP contribution is 2.34. The number of ether oxygens (including phenoxy) is 4. The third-order valence-corrected chi connectivity index (χ3v) is 4.17. The van der Waals surface area contributed by atoms with Crippen LogP contribution >= 0.6 is 0 Å². The summed E-state index contributed by atoms with van der Waals surface area (Å²) in [5.41, 5.74) is 1.08. The molecule has 1 atom stereocenters. The SMILES string of the molecule is CCC(=O)c1ccc(OCC(=O)O[C@H](C)C(=O)Nc2ccc3c(c2)OCO3)cc1. The summed E-state index contributed by atoms with van der Waals surface area (Å²) in [5, 5.41) is 2.65. The van der Waals surface area contributed by atoms with Gasteiger partial charge in [-0.15, -0.1) is 0 Å². The van der Waals surface area contributed by atoms with Crippen LogP contribution in [0.1, 0.15) is 30.6 Å². The molecule has 0 aliphatic carbocycles. The first kappa shape index (κ1) is 20.2. The molecule has 1 amide bonds. The van der Waals surface area contributed by atoms with E-state index < -0.39 is 18.0 Å². The Morgan fingerprint density at radius 1 is 1.07 bits per heavy atom. The van der Waals surface area contributed by atoms with Crippen LogP contribution in [0.15, 0.2) is 42.5 Å². The molecule has 152 valence electrons. The van der Waals surface area contributed by atoms with Gasteiger partial charge in [0, 0.05) is 23.7 Å². The monoisotopic (exact) mass is 399 g/mol. The summed E-state index contributed by atoms with van der Waals surface area (Å²) in [4.78, 5) is 35.8. The third-order valence-electron chi connectivity index (χ3n) is 4.17. The van der Waals surface area contributed by atoms with E-state index in [-0.39, 0.29) is 19.2 Å². The van der Waals surface area contributed by atoms with E-state index in [0.29, 0.717) is 34.9 Å². The largest absolute Gasteiger partial charge is 0.482 e. The molecule has 1 aliphatic rings. The first-order valence-electron chi connectivity index (χ1n) is 9.12. The molecule has 2 aromatic carbocycles. The van der Waals surface area contributed by atoms with Crippen molar-refractivity contribution in [2.45, 2.75) is 26.4 Å². The van der Waals surface area contributed by atoms with Crippen LogP contribution in [-0.4, -0.2) is 37.2 Å². The standard InChI is InChI=1S/C21H21NO7/c1-3-17(23)14-4-7-16(8-5-14)26-11-20(24)29-13(2)21(25)22-15-6-9-18-19(10-15)28-12-27-18/h4-10,13H,3,11-12H2,1-2H3,(H,22,25)/t13-/m1/s1. The van der Waals surface area contributed by atoms with Crippen molar-refractivity contribution in [1.82, 2.24) is 0 Å². The van der Waals surface area contributed by atoms with E-state index in [1.54, 1.807) is 49.4 Å². The minimum atomic E-state index is -1.01. The molecule has 0 fully saturated rings. The summed E-state index contributed by atoms with van der Waals surface area (Å²) in [5.74, 6) is 0.413. The quantitative estimate of drug-likeness (QED) is 0.538. The van der Waals surface area contributed by atoms with Crippen LogP contribution in [0, 0.1) is 0 Å². The van der Waals surface area contributed by atoms with Crippen molar-refractivity contribution in [2.75, 3.05) is 18.7 Å². The van der Waals surface area contributed by atoms with Crippen molar-refractivity contribution in [3.63, 3.8) is 0 Å². The number of carbonyl (C=O) groups is 3. The Hall–Kier alpha value is -3.55. The van der Waals surface area contributed by atoms with Crippen molar-refractivity contribution in [1.29, 1.82) is 0 Å². The molecule has 8 heteroatoms. The molecule has 0 aromatic heterocycles. The lowest BCUT2D eigenvalue weighted by Gasteiger charge is -2.14. The van der Waals surface area contributed by atoms with Crippen molar-refractivity contribution in [2.24, 2.45) is 0 Å². The topological polar surface area (TPSA) is 100 Å². The highest BCUT2D eigenvalue weighted by Gasteiger charge is 2.20. The Kier molecular flexibility index (Phi) is 6.33. The molecule has 0 unspecified atom stereocenters. The number of benzene rings is 2. The van der Waals surface area contributed by atoms with Crippen molar-refractivity contribution in [3.8, 4) is 17.2 Å². The molecule has 29 heavy (non-hydrogen) atoms. The normalized spacial score (nSPS) is 12.8. The summed E-state index contributed by atoms with van der Waals surface area (Å²) in [7, 11) is 0. The van der Waals surface area contributed by atoms with Crippen LogP contribution in [0.4, 0.5) is 5.69 Å². The van der Waals surface area contributed by atoms with E-state index in [1.165, 1.54) is 6.92 Å². The zero-order valence-electron chi connectivity index (χ0n) is 16.1. The molecule has 1 aliphatic heterocycles. The first-order valence-corrected chi connectivity index (χ1v) is 9.12. The number of rotatable bonds is 8. The number of carbonyl (C=O) groups excluding carboxylic acids is 3. The molecule has 0 saturated carbocycles. The van der Waals surface area contributed by atoms with E-state index in [4.69, 9.17) is 18.9 Å². The molecule has 2 aromatic rings. The average molecular weight is 399 g/mol. The molecule has 8 nitrogen and oxygen atoms in total. The maximum Gasteiger partial charge on any atom is 0.344 e. The number of hydrogen-bond acceptors (Lipinski definition) is 7. The second-order valence-electron chi connectivity index (χ2n) is 6.28. The molecule has 0 saturated heterocycles. The van der Waals surface area contributed by atoms with Crippen LogP contribution < -0.4 is 19.5 Å². The fourth-order valence-electron chi connectivity index (χ4n) is 2.59. The molecule has 0 bridgehead atoms. The maximum absolute atomic E-state index is 12.2. The number of Topliss-reactive ketones (excluding diaryl/α,β-unsaturated/α-hetero) is 1. The van der Waals surface area contributed by atoms with Crippen molar-refractivity contribution >= 4 is 23.3 Å². The molecule has 0 spiro atoms. The van der Waals surface area contributed by atoms with Gasteiger partial charge in [0.25, 0.3) is 5.91 Å². The third kappa shape index (κ3) is 5.25.